The van der Waals surface area contributed by atoms with Crippen LogP contribution in [-0.2, 0) is 4.79 Å². The van der Waals surface area contributed by atoms with Gasteiger partial charge < -0.3 is 5.32 Å². The molecule has 3 saturated carbocycles. The van der Waals surface area contributed by atoms with Crippen molar-refractivity contribution in [3.8, 4) is 0 Å². The van der Waals surface area contributed by atoms with Crippen LogP contribution in [0.5, 0.6) is 0 Å². The average molecular weight is 520 g/mol. The number of rotatable bonds is 10. The van der Waals surface area contributed by atoms with Gasteiger partial charge in [-0.2, -0.15) is 0 Å². The van der Waals surface area contributed by atoms with Crippen molar-refractivity contribution in [2.24, 2.45) is 46.3 Å². The van der Waals surface area contributed by atoms with E-state index in [1.165, 1.54) is 70.6 Å². The Bertz CT molecular complexity index is 765. The Hall–Kier alpha value is -0.0900. The predicted octanol–water partition coefficient (Wildman–Crippen LogP) is 8.91. The van der Waals surface area contributed by atoms with E-state index in [2.05, 4.69) is 56.8 Å². The van der Waals surface area contributed by atoms with Crippen molar-refractivity contribution < 1.29 is 4.79 Å². The van der Waals surface area contributed by atoms with Crippen molar-refractivity contribution in [3.05, 3.63) is 11.6 Å². The van der Waals surface area contributed by atoms with Gasteiger partial charge in [-0.15, -0.1) is 0 Å². The minimum absolute atomic E-state index is 0.166. The van der Waals surface area contributed by atoms with Crippen LogP contribution < -0.4 is 5.32 Å². The standard InChI is InChI=1S/C31H53NOS2/c1-21(2)8-7-9-22(3)26-12-13-27-25-11-10-23-20-24(35-34-19-16-29(33)32-6)14-17-30(23,4)28(25)15-18-31(26,27)5/h10,21-22,24-28H,7-9,11-20H2,1-6H3,(H,32,33)/t22-,24+,25?,26-,27?,28?,30+,31-/m1/s1. The van der Waals surface area contributed by atoms with Crippen molar-refractivity contribution in [1.29, 1.82) is 0 Å². The summed E-state index contributed by atoms with van der Waals surface area (Å²) >= 11 is 0. The van der Waals surface area contributed by atoms with E-state index in [-0.39, 0.29) is 5.91 Å². The van der Waals surface area contributed by atoms with Crippen LogP contribution in [-0.4, -0.2) is 24.0 Å². The van der Waals surface area contributed by atoms with Gasteiger partial charge in [0.05, 0.1) is 0 Å². The van der Waals surface area contributed by atoms with Crippen LogP contribution in [0.25, 0.3) is 0 Å². The molecule has 200 valence electrons. The molecule has 0 bridgehead atoms. The lowest BCUT2D eigenvalue weighted by Gasteiger charge is -2.58. The summed E-state index contributed by atoms with van der Waals surface area (Å²) in [5, 5.41) is 3.47. The van der Waals surface area contributed by atoms with Crippen molar-refractivity contribution >= 4 is 27.5 Å². The summed E-state index contributed by atoms with van der Waals surface area (Å²) in [6.07, 6.45) is 19.0. The lowest BCUT2D eigenvalue weighted by Crippen LogP contribution is -2.50. The van der Waals surface area contributed by atoms with Crippen molar-refractivity contribution in [2.75, 3.05) is 12.8 Å². The van der Waals surface area contributed by atoms with Gasteiger partial charge in [-0.05, 0) is 97.7 Å². The smallest absolute Gasteiger partial charge is 0.220 e. The van der Waals surface area contributed by atoms with Gasteiger partial charge >= 0.3 is 0 Å². The largest absolute Gasteiger partial charge is 0.359 e. The minimum Gasteiger partial charge on any atom is -0.359 e. The fourth-order valence-corrected chi connectivity index (χ4v) is 11.8. The monoisotopic (exact) mass is 519 g/mol. The molecule has 0 aromatic heterocycles. The number of hydrogen-bond donors (Lipinski definition) is 1. The van der Waals surface area contributed by atoms with Crippen LogP contribution in [0, 0.1) is 46.3 Å². The Balaban J connectivity index is 1.36. The van der Waals surface area contributed by atoms with E-state index in [0.29, 0.717) is 17.3 Å². The highest BCUT2D eigenvalue weighted by Crippen LogP contribution is 2.67. The second kappa shape index (κ2) is 11.7. The molecule has 4 rings (SSSR count). The summed E-state index contributed by atoms with van der Waals surface area (Å²) < 4.78 is 0. The molecule has 3 unspecified atom stereocenters. The quantitative estimate of drug-likeness (QED) is 0.177. The number of amides is 1. The zero-order valence-electron chi connectivity index (χ0n) is 23.5. The van der Waals surface area contributed by atoms with E-state index in [1.807, 2.05) is 10.8 Å². The van der Waals surface area contributed by atoms with E-state index >= 15 is 0 Å². The second-order valence-electron chi connectivity index (χ2n) is 13.5. The molecule has 1 N–H and O–H groups in total. The summed E-state index contributed by atoms with van der Waals surface area (Å²) in [6.45, 7) is 12.7. The van der Waals surface area contributed by atoms with Gasteiger partial charge in [-0.25, -0.2) is 0 Å². The Morgan fingerprint density at radius 2 is 1.89 bits per heavy atom. The number of hydrogen-bond acceptors (Lipinski definition) is 3. The van der Waals surface area contributed by atoms with Gasteiger partial charge in [0.15, 0.2) is 0 Å². The maximum atomic E-state index is 11.5. The van der Waals surface area contributed by atoms with Crippen LogP contribution in [0.4, 0.5) is 0 Å². The van der Waals surface area contributed by atoms with E-state index in [4.69, 9.17) is 0 Å². The summed E-state index contributed by atoms with van der Waals surface area (Å²) in [7, 11) is 5.71. The lowest BCUT2D eigenvalue weighted by atomic mass is 9.47. The van der Waals surface area contributed by atoms with Crippen molar-refractivity contribution in [2.45, 2.75) is 117 Å². The van der Waals surface area contributed by atoms with E-state index in [0.717, 1.165) is 46.5 Å². The molecule has 0 aromatic carbocycles. The first-order chi connectivity index (χ1) is 16.7. The molecule has 0 aliphatic heterocycles. The maximum Gasteiger partial charge on any atom is 0.220 e. The van der Waals surface area contributed by atoms with E-state index < -0.39 is 0 Å². The van der Waals surface area contributed by atoms with Gasteiger partial charge in [-0.1, -0.05) is 87.1 Å². The zero-order chi connectivity index (χ0) is 25.2. The van der Waals surface area contributed by atoms with E-state index in [1.54, 1.807) is 12.6 Å². The minimum atomic E-state index is 0.166. The highest BCUT2D eigenvalue weighted by Gasteiger charge is 2.59. The molecule has 0 radical (unpaired) electrons. The number of fused-ring (bicyclic) bond motifs is 5. The third-order valence-electron chi connectivity index (χ3n) is 11.2. The Morgan fingerprint density at radius 3 is 2.63 bits per heavy atom. The first-order valence-corrected chi connectivity index (χ1v) is 17.3. The Kier molecular flexibility index (Phi) is 9.38. The molecule has 8 atom stereocenters. The molecule has 35 heavy (non-hydrogen) atoms. The SMILES string of the molecule is CNC(=O)CCSS[C@H]1CC[C@@]2(C)C(=CCC3C2CC[C@@]2(C)C3CC[C@@H]2[C@H](C)CCCC(C)C)C1. The van der Waals surface area contributed by atoms with Gasteiger partial charge in [0, 0.05) is 24.5 Å². The molecular weight excluding hydrogens is 466 g/mol. The highest BCUT2D eigenvalue weighted by atomic mass is 33.1. The molecule has 3 fully saturated rings. The van der Waals surface area contributed by atoms with Crippen LogP contribution in [0.2, 0.25) is 0 Å². The highest BCUT2D eigenvalue weighted by molar-refractivity contribution is 8.76. The third kappa shape index (κ3) is 5.84. The first-order valence-electron chi connectivity index (χ1n) is 14.9. The number of carbonyl (C=O) groups excluding carboxylic acids is 1. The van der Waals surface area contributed by atoms with Gasteiger partial charge in [0.1, 0.15) is 0 Å². The molecular formula is C31H53NOS2. The maximum absolute atomic E-state index is 11.5. The van der Waals surface area contributed by atoms with Gasteiger partial charge in [0.25, 0.3) is 0 Å². The first kappa shape index (κ1) is 27.9. The molecule has 4 aliphatic rings. The van der Waals surface area contributed by atoms with Crippen molar-refractivity contribution in [1.82, 2.24) is 5.32 Å². The Labute approximate surface area is 224 Å². The normalized spacial score (nSPS) is 39.4. The molecule has 0 saturated heterocycles. The zero-order valence-corrected chi connectivity index (χ0v) is 25.2. The second-order valence-corrected chi connectivity index (χ2v) is 16.3. The Morgan fingerprint density at radius 1 is 1.09 bits per heavy atom. The molecule has 0 aromatic rings. The molecule has 2 nitrogen and oxygen atoms in total. The number of allylic oxidation sites excluding steroid dienone is 2. The molecule has 4 aliphatic carbocycles. The van der Waals surface area contributed by atoms with Crippen LogP contribution >= 0.6 is 21.6 Å². The van der Waals surface area contributed by atoms with Gasteiger partial charge in [0.2, 0.25) is 5.91 Å². The molecule has 4 heteroatoms. The van der Waals surface area contributed by atoms with Crippen LogP contribution in [0.15, 0.2) is 11.6 Å². The van der Waals surface area contributed by atoms with E-state index in [9.17, 15) is 4.79 Å². The summed E-state index contributed by atoms with van der Waals surface area (Å²) in [5.41, 5.74) is 2.85. The number of nitrogens with one attached hydrogen (secondary N) is 1. The topological polar surface area (TPSA) is 29.1 Å². The number of carbonyl (C=O) groups is 1. The lowest BCUT2D eigenvalue weighted by molar-refractivity contribution is -0.120. The van der Waals surface area contributed by atoms with Gasteiger partial charge in [-0.3, -0.25) is 4.79 Å². The fourth-order valence-electron chi connectivity index (χ4n) is 9.14. The molecule has 0 heterocycles. The van der Waals surface area contributed by atoms with Crippen LogP contribution in [0.1, 0.15) is 112 Å². The fraction of sp³-hybridized carbons (Fsp3) is 0.903. The molecule has 0 spiro atoms. The van der Waals surface area contributed by atoms with Crippen LogP contribution in [0.3, 0.4) is 0 Å². The summed E-state index contributed by atoms with van der Waals surface area (Å²) in [4.78, 5) is 11.5. The van der Waals surface area contributed by atoms with Crippen molar-refractivity contribution in [3.63, 3.8) is 0 Å². The third-order valence-corrected chi connectivity index (χ3v) is 14.1. The molecule has 1 amide bonds. The predicted molar refractivity (Wildman–Crippen MR) is 156 cm³/mol. The summed E-state index contributed by atoms with van der Waals surface area (Å²) in [6, 6.07) is 0. The summed E-state index contributed by atoms with van der Waals surface area (Å²) in [5.74, 6) is 6.61. The average Bonchev–Trinajstić information content (AvgIpc) is 3.18.